The van der Waals surface area contributed by atoms with Crippen LogP contribution in [0.1, 0.15) is 19.8 Å². The van der Waals surface area contributed by atoms with Gasteiger partial charge in [0.05, 0.1) is 0 Å². The maximum atomic E-state index is 5.37. The van der Waals surface area contributed by atoms with Crippen molar-refractivity contribution in [2.75, 3.05) is 25.1 Å². The second-order valence-corrected chi connectivity index (χ2v) is 4.17. The van der Waals surface area contributed by atoms with Crippen molar-refractivity contribution in [2.24, 2.45) is 0 Å². The van der Waals surface area contributed by atoms with Crippen molar-refractivity contribution in [3.05, 3.63) is 22.8 Å². The molecular weight excluding hydrogens is 256 g/mol. The zero-order valence-corrected chi connectivity index (χ0v) is 10.6. The predicted octanol–water partition coefficient (Wildman–Crippen LogP) is 3.07. The molecule has 0 aliphatic carbocycles. The molecule has 0 fully saturated rings. The molecule has 1 N–H and O–H groups in total. The molecule has 1 aromatic heterocycles. The van der Waals surface area contributed by atoms with Gasteiger partial charge in [0.25, 0.3) is 0 Å². The minimum Gasteiger partial charge on any atom is -0.381 e. The highest BCUT2D eigenvalue weighted by molar-refractivity contribution is 9.10. The third-order valence-corrected chi connectivity index (χ3v) is 2.32. The molecule has 0 aliphatic rings. The average Bonchev–Trinajstić information content (AvgIpc) is 2.26. The van der Waals surface area contributed by atoms with Crippen molar-refractivity contribution in [3.63, 3.8) is 0 Å². The third-order valence-electron chi connectivity index (χ3n) is 1.85. The number of hydrogen-bond donors (Lipinski definition) is 1. The monoisotopic (exact) mass is 272 g/mol. The van der Waals surface area contributed by atoms with Crippen molar-refractivity contribution < 1.29 is 4.74 Å². The summed E-state index contributed by atoms with van der Waals surface area (Å²) in [7, 11) is 0. The van der Waals surface area contributed by atoms with E-state index in [1.807, 2.05) is 12.1 Å². The SMILES string of the molecule is CCCOCCCNc1ccc(Br)cn1. The molecule has 15 heavy (non-hydrogen) atoms. The van der Waals surface area contributed by atoms with Gasteiger partial charge in [-0.05, 0) is 40.9 Å². The quantitative estimate of drug-likeness (QED) is 0.775. The van der Waals surface area contributed by atoms with Crippen LogP contribution in [0.2, 0.25) is 0 Å². The Morgan fingerprint density at radius 2 is 2.27 bits per heavy atom. The molecule has 0 radical (unpaired) electrons. The van der Waals surface area contributed by atoms with Gasteiger partial charge in [-0.2, -0.15) is 0 Å². The first-order valence-corrected chi connectivity index (χ1v) is 6.05. The molecule has 0 unspecified atom stereocenters. The van der Waals surface area contributed by atoms with E-state index in [-0.39, 0.29) is 0 Å². The van der Waals surface area contributed by atoms with Crippen LogP contribution in [0.15, 0.2) is 22.8 Å². The highest BCUT2D eigenvalue weighted by Crippen LogP contribution is 2.10. The highest BCUT2D eigenvalue weighted by atomic mass is 79.9. The van der Waals surface area contributed by atoms with Gasteiger partial charge in [0.1, 0.15) is 5.82 Å². The van der Waals surface area contributed by atoms with Crippen molar-refractivity contribution in [1.82, 2.24) is 4.98 Å². The molecular formula is C11H17BrN2O. The number of nitrogens with zero attached hydrogens (tertiary/aromatic N) is 1. The molecule has 0 amide bonds. The van der Waals surface area contributed by atoms with Gasteiger partial charge in [0.15, 0.2) is 0 Å². The van der Waals surface area contributed by atoms with Gasteiger partial charge in [-0.3, -0.25) is 0 Å². The Bertz CT molecular complexity index is 264. The molecule has 0 saturated carbocycles. The van der Waals surface area contributed by atoms with Crippen molar-refractivity contribution in [1.29, 1.82) is 0 Å². The Kier molecular flexibility index (Phi) is 6.36. The van der Waals surface area contributed by atoms with E-state index in [0.29, 0.717) is 0 Å². The fourth-order valence-corrected chi connectivity index (χ4v) is 1.35. The largest absolute Gasteiger partial charge is 0.381 e. The van der Waals surface area contributed by atoms with Gasteiger partial charge >= 0.3 is 0 Å². The van der Waals surface area contributed by atoms with Crippen LogP contribution in [0.5, 0.6) is 0 Å². The van der Waals surface area contributed by atoms with E-state index in [4.69, 9.17) is 4.74 Å². The molecule has 0 bridgehead atoms. The lowest BCUT2D eigenvalue weighted by Gasteiger charge is -2.05. The fraction of sp³-hybridized carbons (Fsp3) is 0.545. The van der Waals surface area contributed by atoms with Crippen LogP contribution >= 0.6 is 15.9 Å². The fourth-order valence-electron chi connectivity index (χ4n) is 1.12. The average molecular weight is 273 g/mol. The van der Waals surface area contributed by atoms with Crippen LogP contribution in [-0.4, -0.2) is 24.7 Å². The molecule has 0 atom stereocenters. The first-order valence-electron chi connectivity index (χ1n) is 5.26. The molecule has 0 saturated heterocycles. The van der Waals surface area contributed by atoms with Crippen LogP contribution in [0.25, 0.3) is 0 Å². The van der Waals surface area contributed by atoms with Crippen LogP contribution in [-0.2, 0) is 4.74 Å². The number of anilines is 1. The minimum absolute atomic E-state index is 0.817. The standard InChI is InChI=1S/C11H17BrN2O/c1-2-7-15-8-3-6-13-11-5-4-10(12)9-14-11/h4-5,9H,2-3,6-8H2,1H3,(H,13,14). The van der Waals surface area contributed by atoms with Gasteiger partial charge in [0, 0.05) is 30.4 Å². The number of pyridine rings is 1. The van der Waals surface area contributed by atoms with Crippen molar-refractivity contribution in [3.8, 4) is 0 Å². The van der Waals surface area contributed by atoms with E-state index in [9.17, 15) is 0 Å². The van der Waals surface area contributed by atoms with Gasteiger partial charge in [-0.1, -0.05) is 6.92 Å². The van der Waals surface area contributed by atoms with Gasteiger partial charge in [-0.15, -0.1) is 0 Å². The molecule has 84 valence electrons. The minimum atomic E-state index is 0.817. The maximum absolute atomic E-state index is 5.37. The number of aromatic nitrogens is 1. The topological polar surface area (TPSA) is 34.1 Å². The van der Waals surface area contributed by atoms with Crippen LogP contribution in [0.4, 0.5) is 5.82 Å². The normalized spacial score (nSPS) is 10.3. The molecule has 0 spiro atoms. The summed E-state index contributed by atoms with van der Waals surface area (Å²) in [6, 6.07) is 3.93. The van der Waals surface area contributed by atoms with Crippen LogP contribution in [0.3, 0.4) is 0 Å². The molecule has 1 aromatic rings. The summed E-state index contributed by atoms with van der Waals surface area (Å²) in [4.78, 5) is 4.21. The van der Waals surface area contributed by atoms with Gasteiger partial charge in [0.2, 0.25) is 0 Å². The van der Waals surface area contributed by atoms with Crippen LogP contribution < -0.4 is 5.32 Å². The summed E-state index contributed by atoms with van der Waals surface area (Å²) in [6.07, 6.45) is 3.88. The van der Waals surface area contributed by atoms with E-state index in [0.717, 1.165) is 42.9 Å². The van der Waals surface area contributed by atoms with Crippen LogP contribution in [0, 0.1) is 0 Å². The highest BCUT2D eigenvalue weighted by Gasteiger charge is 1.93. The first kappa shape index (κ1) is 12.5. The number of ether oxygens (including phenoxy) is 1. The number of rotatable bonds is 7. The Balaban J connectivity index is 2.07. The first-order chi connectivity index (χ1) is 7.33. The summed E-state index contributed by atoms with van der Waals surface area (Å²) in [5, 5.41) is 3.24. The molecule has 4 heteroatoms. The predicted molar refractivity (Wildman–Crippen MR) is 66.2 cm³/mol. The van der Waals surface area contributed by atoms with E-state index >= 15 is 0 Å². The van der Waals surface area contributed by atoms with E-state index in [2.05, 4.69) is 33.2 Å². The zero-order valence-electron chi connectivity index (χ0n) is 9.00. The summed E-state index contributed by atoms with van der Waals surface area (Å²) in [5.74, 6) is 0.911. The Morgan fingerprint density at radius 3 is 2.93 bits per heavy atom. The third kappa shape index (κ3) is 5.74. The Morgan fingerprint density at radius 1 is 1.40 bits per heavy atom. The maximum Gasteiger partial charge on any atom is 0.125 e. The Hall–Kier alpha value is -0.610. The number of hydrogen-bond acceptors (Lipinski definition) is 3. The summed E-state index contributed by atoms with van der Waals surface area (Å²) in [6.45, 7) is 4.69. The van der Waals surface area contributed by atoms with E-state index in [1.54, 1.807) is 6.20 Å². The lowest BCUT2D eigenvalue weighted by molar-refractivity contribution is 0.134. The molecule has 3 nitrogen and oxygen atoms in total. The molecule has 0 aliphatic heterocycles. The number of nitrogens with one attached hydrogen (secondary N) is 1. The lowest BCUT2D eigenvalue weighted by atomic mass is 10.4. The second-order valence-electron chi connectivity index (χ2n) is 3.25. The molecule has 1 rings (SSSR count). The summed E-state index contributed by atoms with van der Waals surface area (Å²) < 4.78 is 6.37. The second kappa shape index (κ2) is 7.65. The molecule has 0 aromatic carbocycles. The summed E-state index contributed by atoms with van der Waals surface area (Å²) >= 11 is 3.35. The lowest BCUT2D eigenvalue weighted by Crippen LogP contribution is -2.06. The Labute approximate surface area is 99.4 Å². The zero-order chi connectivity index (χ0) is 10.9. The van der Waals surface area contributed by atoms with Crippen molar-refractivity contribution in [2.45, 2.75) is 19.8 Å². The van der Waals surface area contributed by atoms with E-state index in [1.165, 1.54) is 0 Å². The van der Waals surface area contributed by atoms with E-state index < -0.39 is 0 Å². The number of halogens is 1. The van der Waals surface area contributed by atoms with Crippen molar-refractivity contribution >= 4 is 21.7 Å². The van der Waals surface area contributed by atoms with Gasteiger partial charge in [-0.25, -0.2) is 4.98 Å². The summed E-state index contributed by atoms with van der Waals surface area (Å²) in [5.41, 5.74) is 0. The van der Waals surface area contributed by atoms with Gasteiger partial charge < -0.3 is 10.1 Å². The smallest absolute Gasteiger partial charge is 0.125 e. The molecule has 1 heterocycles.